The highest BCUT2D eigenvalue weighted by Gasteiger charge is 2.10. The molecule has 3 rings (SSSR count). The van der Waals surface area contributed by atoms with Gasteiger partial charge in [-0.3, -0.25) is 4.90 Å². The van der Waals surface area contributed by atoms with Gasteiger partial charge in [0.2, 0.25) is 0 Å². The van der Waals surface area contributed by atoms with Gasteiger partial charge < -0.3 is 10.1 Å². The normalized spacial score (nSPS) is 13.1. The zero-order chi connectivity index (χ0) is 14.7. The van der Waals surface area contributed by atoms with Crippen molar-refractivity contribution in [3.8, 4) is 5.75 Å². The van der Waals surface area contributed by atoms with Crippen LogP contribution in [0.4, 0.5) is 5.69 Å². The number of anilines is 1. The molecule has 110 valence electrons. The van der Waals surface area contributed by atoms with Crippen LogP contribution in [0.15, 0.2) is 42.5 Å². The lowest BCUT2D eigenvalue weighted by Gasteiger charge is -2.17. The molecule has 0 atom stereocenters. The molecule has 3 heteroatoms. The van der Waals surface area contributed by atoms with E-state index in [1.807, 2.05) is 12.1 Å². The second kappa shape index (κ2) is 6.19. The highest BCUT2D eigenvalue weighted by Crippen LogP contribution is 2.23. The van der Waals surface area contributed by atoms with Crippen LogP contribution in [0, 0.1) is 0 Å². The number of rotatable bonds is 5. The Labute approximate surface area is 126 Å². The van der Waals surface area contributed by atoms with Crippen LogP contribution in [0.1, 0.15) is 16.7 Å². The quantitative estimate of drug-likeness (QED) is 0.910. The third-order valence-electron chi connectivity index (χ3n) is 3.94. The number of benzene rings is 2. The highest BCUT2D eigenvalue weighted by atomic mass is 16.5. The van der Waals surface area contributed by atoms with Gasteiger partial charge in [-0.2, -0.15) is 0 Å². The molecular weight excluding hydrogens is 260 g/mol. The number of hydrogen-bond donors (Lipinski definition) is 1. The summed E-state index contributed by atoms with van der Waals surface area (Å²) in [5, 5.41) is 3.41. The Morgan fingerprint density at radius 2 is 1.76 bits per heavy atom. The molecule has 0 aromatic heterocycles. The summed E-state index contributed by atoms with van der Waals surface area (Å²) < 4.78 is 5.19. The standard InChI is InChI=1S/C18H22N2O/c1-20(12-14-3-6-17(21-2)7-4-14)13-15-5-8-18-16(11-15)9-10-19-18/h3-8,11,19H,9-10,12-13H2,1-2H3. The summed E-state index contributed by atoms with van der Waals surface area (Å²) >= 11 is 0. The van der Waals surface area contributed by atoms with Crippen molar-refractivity contribution in [2.75, 3.05) is 26.0 Å². The Balaban J connectivity index is 1.61. The maximum Gasteiger partial charge on any atom is 0.118 e. The first-order chi connectivity index (χ1) is 10.2. The van der Waals surface area contributed by atoms with Crippen molar-refractivity contribution in [2.24, 2.45) is 0 Å². The molecule has 1 aliphatic heterocycles. The van der Waals surface area contributed by atoms with Gasteiger partial charge in [-0.15, -0.1) is 0 Å². The van der Waals surface area contributed by atoms with Crippen LogP contribution in [-0.2, 0) is 19.5 Å². The molecule has 0 aliphatic carbocycles. The van der Waals surface area contributed by atoms with E-state index in [0.717, 1.165) is 31.8 Å². The summed E-state index contributed by atoms with van der Waals surface area (Å²) in [5.74, 6) is 0.910. The van der Waals surface area contributed by atoms with Crippen molar-refractivity contribution in [3.05, 3.63) is 59.2 Å². The summed E-state index contributed by atoms with van der Waals surface area (Å²) in [4.78, 5) is 2.34. The molecule has 1 aliphatic rings. The lowest BCUT2D eigenvalue weighted by Crippen LogP contribution is -2.17. The van der Waals surface area contributed by atoms with Crippen LogP contribution in [0.25, 0.3) is 0 Å². The van der Waals surface area contributed by atoms with Crippen molar-refractivity contribution in [3.63, 3.8) is 0 Å². The summed E-state index contributed by atoms with van der Waals surface area (Å²) in [5.41, 5.74) is 5.44. The van der Waals surface area contributed by atoms with Crippen LogP contribution in [0.5, 0.6) is 5.75 Å². The number of hydrogen-bond acceptors (Lipinski definition) is 3. The third-order valence-corrected chi connectivity index (χ3v) is 3.94. The Kier molecular flexibility index (Phi) is 4.11. The first-order valence-corrected chi connectivity index (χ1v) is 7.42. The van der Waals surface area contributed by atoms with Gasteiger partial charge in [0.25, 0.3) is 0 Å². The first kappa shape index (κ1) is 14.0. The van der Waals surface area contributed by atoms with Crippen molar-refractivity contribution in [1.82, 2.24) is 4.90 Å². The van der Waals surface area contributed by atoms with E-state index in [9.17, 15) is 0 Å². The smallest absolute Gasteiger partial charge is 0.118 e. The Morgan fingerprint density at radius 1 is 1.05 bits per heavy atom. The molecule has 1 heterocycles. The van der Waals surface area contributed by atoms with Crippen LogP contribution in [-0.4, -0.2) is 25.6 Å². The van der Waals surface area contributed by atoms with Gasteiger partial charge in [0, 0.05) is 25.3 Å². The van der Waals surface area contributed by atoms with Gasteiger partial charge in [0.15, 0.2) is 0 Å². The van der Waals surface area contributed by atoms with E-state index in [1.165, 1.54) is 22.4 Å². The van der Waals surface area contributed by atoms with Crippen LogP contribution >= 0.6 is 0 Å². The van der Waals surface area contributed by atoms with Crippen molar-refractivity contribution in [2.45, 2.75) is 19.5 Å². The summed E-state index contributed by atoms with van der Waals surface area (Å²) in [6, 6.07) is 15.1. The Bertz CT molecular complexity index is 607. The Morgan fingerprint density at radius 3 is 2.52 bits per heavy atom. The number of methoxy groups -OCH3 is 1. The van der Waals surface area contributed by atoms with Gasteiger partial charge in [-0.25, -0.2) is 0 Å². The van der Waals surface area contributed by atoms with Crippen molar-refractivity contribution < 1.29 is 4.74 Å². The zero-order valence-corrected chi connectivity index (χ0v) is 12.7. The number of nitrogens with zero attached hydrogens (tertiary/aromatic N) is 1. The minimum atomic E-state index is 0.910. The molecule has 0 amide bonds. The monoisotopic (exact) mass is 282 g/mol. The fourth-order valence-corrected chi connectivity index (χ4v) is 2.87. The van der Waals surface area contributed by atoms with Gasteiger partial charge in [0.1, 0.15) is 5.75 Å². The number of ether oxygens (including phenoxy) is 1. The predicted molar refractivity (Wildman–Crippen MR) is 86.8 cm³/mol. The van der Waals surface area contributed by atoms with E-state index in [2.05, 4.69) is 47.6 Å². The molecule has 0 radical (unpaired) electrons. The van der Waals surface area contributed by atoms with E-state index in [1.54, 1.807) is 7.11 Å². The largest absolute Gasteiger partial charge is 0.497 e. The van der Waals surface area contributed by atoms with Gasteiger partial charge >= 0.3 is 0 Å². The molecule has 3 nitrogen and oxygen atoms in total. The SMILES string of the molecule is COc1ccc(CN(C)Cc2ccc3c(c2)CCN3)cc1. The minimum Gasteiger partial charge on any atom is -0.497 e. The molecule has 2 aromatic rings. The van der Waals surface area contributed by atoms with Crippen LogP contribution in [0.2, 0.25) is 0 Å². The van der Waals surface area contributed by atoms with E-state index in [4.69, 9.17) is 4.74 Å². The number of nitrogens with one attached hydrogen (secondary N) is 1. The van der Waals surface area contributed by atoms with Crippen molar-refractivity contribution >= 4 is 5.69 Å². The topological polar surface area (TPSA) is 24.5 Å². The maximum atomic E-state index is 5.19. The van der Waals surface area contributed by atoms with Crippen LogP contribution < -0.4 is 10.1 Å². The second-order valence-electron chi connectivity index (χ2n) is 5.69. The minimum absolute atomic E-state index is 0.910. The van der Waals surface area contributed by atoms with E-state index in [0.29, 0.717) is 0 Å². The van der Waals surface area contributed by atoms with Crippen LogP contribution in [0.3, 0.4) is 0 Å². The lowest BCUT2D eigenvalue weighted by atomic mass is 10.1. The summed E-state index contributed by atoms with van der Waals surface area (Å²) in [6.45, 7) is 2.99. The molecule has 0 unspecified atom stereocenters. The zero-order valence-electron chi connectivity index (χ0n) is 12.7. The molecule has 1 N–H and O–H groups in total. The molecule has 0 saturated carbocycles. The van der Waals surface area contributed by atoms with Gasteiger partial charge in [-0.1, -0.05) is 24.3 Å². The van der Waals surface area contributed by atoms with E-state index >= 15 is 0 Å². The summed E-state index contributed by atoms with van der Waals surface area (Å²) in [7, 11) is 3.86. The molecule has 0 saturated heterocycles. The molecule has 0 fully saturated rings. The average Bonchev–Trinajstić information content (AvgIpc) is 2.95. The molecule has 0 bridgehead atoms. The Hall–Kier alpha value is -2.00. The molecular formula is C18H22N2O. The number of fused-ring (bicyclic) bond motifs is 1. The fraction of sp³-hybridized carbons (Fsp3) is 0.333. The van der Waals surface area contributed by atoms with Gasteiger partial charge in [-0.05, 0) is 48.4 Å². The predicted octanol–water partition coefficient (Wildman–Crippen LogP) is 3.30. The van der Waals surface area contributed by atoms with E-state index in [-0.39, 0.29) is 0 Å². The van der Waals surface area contributed by atoms with Crippen molar-refractivity contribution in [1.29, 1.82) is 0 Å². The van der Waals surface area contributed by atoms with Gasteiger partial charge in [0.05, 0.1) is 7.11 Å². The second-order valence-corrected chi connectivity index (χ2v) is 5.69. The lowest BCUT2D eigenvalue weighted by molar-refractivity contribution is 0.319. The molecule has 2 aromatic carbocycles. The first-order valence-electron chi connectivity index (χ1n) is 7.42. The maximum absolute atomic E-state index is 5.19. The third kappa shape index (κ3) is 3.37. The van der Waals surface area contributed by atoms with E-state index < -0.39 is 0 Å². The molecule has 21 heavy (non-hydrogen) atoms. The molecule has 0 spiro atoms. The average molecular weight is 282 g/mol. The summed E-state index contributed by atoms with van der Waals surface area (Å²) in [6.07, 6.45) is 1.14. The highest BCUT2D eigenvalue weighted by molar-refractivity contribution is 5.56. The fourth-order valence-electron chi connectivity index (χ4n) is 2.87.